The summed E-state index contributed by atoms with van der Waals surface area (Å²) < 4.78 is 0. The quantitative estimate of drug-likeness (QED) is 0.162. The molecule has 0 aliphatic heterocycles. The average Bonchev–Trinajstić information content (AvgIpc) is 3.08. The molecule has 4 aliphatic carbocycles. The highest BCUT2D eigenvalue weighted by Gasteiger charge is 2.40. The van der Waals surface area contributed by atoms with Gasteiger partial charge >= 0.3 is 0 Å². The van der Waals surface area contributed by atoms with Crippen molar-refractivity contribution in [3.63, 3.8) is 0 Å². The Bertz CT molecular complexity index is 1830. The Balaban J connectivity index is 0.000000140. The van der Waals surface area contributed by atoms with Gasteiger partial charge in [0, 0.05) is 24.7 Å². The molecule has 5 aromatic rings. The van der Waals surface area contributed by atoms with E-state index < -0.39 is 0 Å². The molecule has 0 heterocycles. The molecule has 0 radical (unpaired) electrons. The van der Waals surface area contributed by atoms with Crippen LogP contribution in [-0.4, -0.2) is 6.26 Å². The molecule has 9 rings (SSSR count). The van der Waals surface area contributed by atoms with Crippen LogP contribution in [0, 0.1) is 23.0 Å². The van der Waals surface area contributed by atoms with E-state index in [9.17, 15) is 0 Å². The van der Waals surface area contributed by atoms with Crippen LogP contribution in [0.3, 0.4) is 0 Å². The van der Waals surface area contributed by atoms with Gasteiger partial charge in [0.1, 0.15) is 0 Å². The topological polar surface area (TPSA) is 23.8 Å². The van der Waals surface area contributed by atoms with Gasteiger partial charge in [-0.2, -0.15) is 5.26 Å². The zero-order chi connectivity index (χ0) is 31.5. The molecule has 0 spiro atoms. The summed E-state index contributed by atoms with van der Waals surface area (Å²) in [7, 11) is 0. The van der Waals surface area contributed by atoms with Crippen molar-refractivity contribution < 1.29 is 0 Å². The number of fused-ring (bicyclic) bond motifs is 2. The lowest BCUT2D eigenvalue weighted by molar-refractivity contribution is 0.731. The van der Waals surface area contributed by atoms with E-state index in [0.29, 0.717) is 17.8 Å². The second-order valence-corrected chi connectivity index (χ2v) is 12.8. The predicted molar refractivity (Wildman–Crippen MR) is 190 cm³/mol. The van der Waals surface area contributed by atoms with Crippen molar-refractivity contribution in [1.82, 2.24) is 0 Å². The fourth-order valence-electron chi connectivity index (χ4n) is 8.00. The maximum Gasteiger partial charge on any atom is 0.0587 e. The highest BCUT2D eigenvalue weighted by molar-refractivity contribution is 8.03. The number of thioether (sulfide) groups is 1. The number of nitriles is 1. The van der Waals surface area contributed by atoms with Crippen molar-refractivity contribution in [2.45, 2.75) is 57.8 Å². The van der Waals surface area contributed by atoms with Gasteiger partial charge in [0.15, 0.2) is 0 Å². The summed E-state index contributed by atoms with van der Waals surface area (Å²) in [5.41, 5.74) is 20.1. The summed E-state index contributed by atoms with van der Waals surface area (Å²) in [5.74, 6) is 1.55. The molecule has 222 valence electrons. The van der Waals surface area contributed by atoms with E-state index in [2.05, 4.69) is 122 Å². The van der Waals surface area contributed by atoms with E-state index in [-0.39, 0.29) is 0 Å². The SMILES string of the molecule is C#CSC.CC#N.CC1c2cccc3c2C2c4c(cccc4Cc4cccc1c42)C3.CC1c2ccccc2Cc2ccccc21. The molecule has 4 aliphatic rings. The Morgan fingerprint density at radius 2 is 0.867 bits per heavy atom. The molecule has 5 aromatic carbocycles. The molecular weight excluding hydrogens is 563 g/mol. The molecule has 0 bridgehead atoms. The molecule has 0 amide bonds. The van der Waals surface area contributed by atoms with Gasteiger partial charge < -0.3 is 0 Å². The van der Waals surface area contributed by atoms with Crippen molar-refractivity contribution in [1.29, 1.82) is 5.26 Å². The molecule has 0 fully saturated rings. The third-order valence-corrected chi connectivity index (χ3v) is 10.1. The first-order valence-electron chi connectivity index (χ1n) is 15.8. The van der Waals surface area contributed by atoms with E-state index in [1.807, 2.05) is 6.26 Å². The van der Waals surface area contributed by atoms with Crippen LogP contribution < -0.4 is 0 Å². The first-order chi connectivity index (χ1) is 22.0. The van der Waals surface area contributed by atoms with Gasteiger partial charge in [-0.15, -0.1) is 6.42 Å². The van der Waals surface area contributed by atoms with Gasteiger partial charge in [-0.25, -0.2) is 0 Å². The second-order valence-electron chi connectivity index (χ2n) is 12.2. The fraction of sp³-hybridized carbons (Fsp3) is 0.233. The van der Waals surface area contributed by atoms with Crippen molar-refractivity contribution >= 4 is 11.8 Å². The van der Waals surface area contributed by atoms with Crippen LogP contribution in [0.4, 0.5) is 0 Å². The van der Waals surface area contributed by atoms with Gasteiger partial charge in [-0.05, 0) is 103 Å². The predicted octanol–water partition coefficient (Wildman–Crippen LogP) is 10.4. The average molecular weight is 602 g/mol. The highest BCUT2D eigenvalue weighted by atomic mass is 32.2. The molecule has 0 N–H and O–H groups in total. The summed E-state index contributed by atoms with van der Waals surface area (Å²) in [4.78, 5) is 0. The maximum absolute atomic E-state index is 7.32. The van der Waals surface area contributed by atoms with E-state index in [1.165, 1.54) is 40.9 Å². The van der Waals surface area contributed by atoms with Crippen LogP contribution in [0.25, 0.3) is 0 Å². The van der Waals surface area contributed by atoms with Crippen LogP contribution >= 0.6 is 11.8 Å². The smallest absolute Gasteiger partial charge is 0.0587 e. The third kappa shape index (κ3) is 5.50. The minimum Gasteiger partial charge on any atom is -0.199 e. The van der Waals surface area contributed by atoms with Gasteiger partial charge in [-0.3, -0.25) is 0 Å². The highest BCUT2D eigenvalue weighted by Crippen LogP contribution is 2.55. The number of rotatable bonds is 0. The normalized spacial score (nSPS) is 16.6. The minimum absolute atomic E-state index is 0.484. The van der Waals surface area contributed by atoms with Crippen molar-refractivity contribution in [2.75, 3.05) is 6.26 Å². The first kappa shape index (κ1) is 30.5. The lowest BCUT2D eigenvalue weighted by Crippen LogP contribution is -2.28. The van der Waals surface area contributed by atoms with Crippen LogP contribution in [0.1, 0.15) is 111 Å². The van der Waals surface area contributed by atoms with E-state index in [0.717, 1.165) is 19.3 Å². The Hall–Kier alpha value is -4.50. The number of terminal acetylenes is 1. The number of hydrogen-bond donors (Lipinski definition) is 0. The number of benzene rings is 5. The first-order valence-corrected chi connectivity index (χ1v) is 17.0. The third-order valence-electron chi connectivity index (χ3n) is 9.85. The van der Waals surface area contributed by atoms with Crippen molar-refractivity contribution in [3.8, 4) is 17.7 Å². The molecule has 1 nitrogen and oxygen atoms in total. The molecule has 45 heavy (non-hydrogen) atoms. The van der Waals surface area contributed by atoms with E-state index in [4.69, 9.17) is 11.7 Å². The summed E-state index contributed by atoms with van der Waals surface area (Å²) in [6, 6.07) is 40.2. The summed E-state index contributed by atoms with van der Waals surface area (Å²) in [5, 5.41) is 9.67. The minimum atomic E-state index is 0.484. The van der Waals surface area contributed by atoms with Gasteiger partial charge in [0.2, 0.25) is 0 Å². The van der Waals surface area contributed by atoms with Crippen LogP contribution in [-0.2, 0) is 19.3 Å². The standard InChI is InChI=1S/C23H18.C15H14.C3H4S.C2H3N/c1-13-18-9-3-7-16-11-14-5-2-6-15-12-17-8-4-10-19(13)22(17)23(20(14)15)21(16)18;1-11-14-8-4-2-6-12(14)10-13-7-3-5-9-15(11)13;1-3-4-2;1-2-3/h2-10,13,23H,11-12H2,1H3;2-9,11H,10H2,1H3;1H,2H3;1H3. The summed E-state index contributed by atoms with van der Waals surface area (Å²) in [6.45, 7) is 6.12. The van der Waals surface area contributed by atoms with Crippen LogP contribution in [0.2, 0.25) is 0 Å². The Morgan fingerprint density at radius 3 is 1.31 bits per heavy atom. The Morgan fingerprint density at radius 1 is 0.556 bits per heavy atom. The van der Waals surface area contributed by atoms with Gasteiger partial charge in [0.25, 0.3) is 0 Å². The molecule has 0 aromatic heterocycles. The van der Waals surface area contributed by atoms with Crippen molar-refractivity contribution in [2.24, 2.45) is 0 Å². The van der Waals surface area contributed by atoms with Gasteiger partial charge in [-0.1, -0.05) is 129 Å². The van der Waals surface area contributed by atoms with Crippen LogP contribution in [0.15, 0.2) is 103 Å². The van der Waals surface area contributed by atoms with Gasteiger partial charge in [0.05, 0.1) is 6.07 Å². The molecule has 0 atom stereocenters. The second kappa shape index (κ2) is 13.2. The molecule has 2 heteroatoms. The zero-order valence-corrected chi connectivity index (χ0v) is 27.4. The van der Waals surface area contributed by atoms with E-state index in [1.54, 1.807) is 56.1 Å². The summed E-state index contributed by atoms with van der Waals surface area (Å²) in [6.07, 6.45) is 9.90. The van der Waals surface area contributed by atoms with E-state index >= 15 is 0 Å². The Kier molecular flexibility index (Phi) is 8.98. The monoisotopic (exact) mass is 601 g/mol. The number of hydrogen-bond acceptors (Lipinski definition) is 2. The summed E-state index contributed by atoms with van der Waals surface area (Å²) >= 11 is 1.38. The lowest BCUT2D eigenvalue weighted by Gasteiger charge is -2.42. The lowest BCUT2D eigenvalue weighted by atomic mass is 9.61. The molecule has 0 saturated carbocycles. The number of nitrogens with zero attached hydrogens (tertiary/aromatic N) is 1. The molecule has 0 unspecified atom stereocenters. The zero-order valence-electron chi connectivity index (χ0n) is 26.6. The fourth-order valence-corrected chi connectivity index (χ4v) is 8.00. The molecule has 0 saturated heterocycles. The molecular formula is C43H39NS. The largest absolute Gasteiger partial charge is 0.199 e. The maximum atomic E-state index is 7.32. The van der Waals surface area contributed by atoms with Crippen LogP contribution in [0.5, 0.6) is 0 Å². The Labute approximate surface area is 273 Å². The van der Waals surface area contributed by atoms with Crippen molar-refractivity contribution in [3.05, 3.63) is 175 Å².